The van der Waals surface area contributed by atoms with E-state index in [1.165, 1.54) is 19.3 Å². The van der Waals surface area contributed by atoms with Gasteiger partial charge in [0.2, 0.25) is 11.8 Å². The summed E-state index contributed by atoms with van der Waals surface area (Å²) in [5, 5.41) is 18.5. The molecule has 0 saturated carbocycles. The Bertz CT molecular complexity index is 1110. The number of hydrogen-bond donors (Lipinski definition) is 5. The molecule has 0 saturated heterocycles. The van der Waals surface area contributed by atoms with Crippen molar-refractivity contribution in [1.29, 1.82) is 0 Å². The Balaban J connectivity index is 2.02. The lowest BCUT2D eigenvalue weighted by Crippen LogP contribution is -2.53. The monoisotopic (exact) mass is 558 g/mol. The average Bonchev–Trinajstić information content (AvgIpc) is 3.28. The van der Waals surface area contributed by atoms with Gasteiger partial charge in [0.1, 0.15) is 17.7 Å². The molecule has 0 radical (unpaired) electrons. The number of benzene rings is 1. The first kappa shape index (κ1) is 32.7. The van der Waals surface area contributed by atoms with E-state index >= 15 is 0 Å². The first-order chi connectivity index (χ1) is 19.0. The summed E-state index contributed by atoms with van der Waals surface area (Å²) in [4.78, 5) is 53.1. The molecule has 2 atom stereocenters. The summed E-state index contributed by atoms with van der Waals surface area (Å²) in [6, 6.07) is 5.43. The maximum atomic E-state index is 13.3. The van der Waals surface area contributed by atoms with Crippen molar-refractivity contribution in [3.63, 3.8) is 0 Å². The smallest absolute Gasteiger partial charge is 0.407 e. The summed E-state index contributed by atoms with van der Waals surface area (Å²) in [7, 11) is 0. The minimum Gasteiger partial charge on any atom is -0.480 e. The summed E-state index contributed by atoms with van der Waals surface area (Å²) in [6.45, 7) is 7.34. The van der Waals surface area contributed by atoms with Crippen molar-refractivity contribution >= 4 is 34.8 Å². The van der Waals surface area contributed by atoms with Crippen molar-refractivity contribution in [2.24, 2.45) is 0 Å². The van der Waals surface area contributed by atoms with Gasteiger partial charge in [0, 0.05) is 36.5 Å². The highest BCUT2D eigenvalue weighted by atomic mass is 16.6. The molecule has 0 bridgehead atoms. The average molecular weight is 559 g/mol. The number of rotatable bonds is 17. The zero-order valence-electron chi connectivity index (χ0n) is 24.3. The van der Waals surface area contributed by atoms with E-state index in [-0.39, 0.29) is 25.3 Å². The molecular weight excluding hydrogens is 512 g/mol. The summed E-state index contributed by atoms with van der Waals surface area (Å²) < 4.78 is 5.17. The quantitative estimate of drug-likeness (QED) is 0.176. The maximum absolute atomic E-state index is 13.3. The van der Waals surface area contributed by atoms with Crippen LogP contribution >= 0.6 is 0 Å². The number of aromatic nitrogens is 1. The normalized spacial score (nSPS) is 12.9. The molecule has 5 N–H and O–H groups in total. The molecule has 222 valence electrons. The Labute approximate surface area is 237 Å². The first-order valence-corrected chi connectivity index (χ1v) is 14.3. The van der Waals surface area contributed by atoms with E-state index in [9.17, 15) is 24.3 Å². The third-order valence-electron chi connectivity index (χ3n) is 6.47. The molecular formula is C30H46N4O6. The number of carboxylic acid groups (broad SMARTS) is 1. The van der Waals surface area contributed by atoms with Crippen LogP contribution in [0.3, 0.4) is 0 Å². The minimum atomic E-state index is -1.26. The number of carbonyl (C=O) groups excluding carboxylic acids is 3. The molecule has 0 aliphatic rings. The van der Waals surface area contributed by atoms with E-state index in [1.807, 2.05) is 24.3 Å². The fourth-order valence-corrected chi connectivity index (χ4v) is 4.40. The van der Waals surface area contributed by atoms with E-state index in [4.69, 9.17) is 4.74 Å². The van der Waals surface area contributed by atoms with Crippen molar-refractivity contribution < 1.29 is 29.0 Å². The second kappa shape index (κ2) is 16.5. The highest BCUT2D eigenvalue weighted by Crippen LogP contribution is 2.19. The van der Waals surface area contributed by atoms with Gasteiger partial charge < -0.3 is 30.8 Å². The van der Waals surface area contributed by atoms with Crippen molar-refractivity contribution in [1.82, 2.24) is 20.9 Å². The number of aliphatic carboxylic acids is 1. The molecule has 0 aliphatic heterocycles. The van der Waals surface area contributed by atoms with Crippen LogP contribution in [0.4, 0.5) is 4.79 Å². The molecule has 0 spiro atoms. The summed E-state index contributed by atoms with van der Waals surface area (Å²) >= 11 is 0. The van der Waals surface area contributed by atoms with Gasteiger partial charge in [-0.25, -0.2) is 9.59 Å². The predicted molar refractivity (Wildman–Crippen MR) is 155 cm³/mol. The highest BCUT2D eigenvalue weighted by molar-refractivity contribution is 5.91. The number of alkyl carbamates (subject to hydrolysis) is 1. The molecule has 1 heterocycles. The maximum Gasteiger partial charge on any atom is 0.407 e. The molecule has 10 nitrogen and oxygen atoms in total. The number of para-hydroxylation sites is 1. The number of amides is 3. The third-order valence-corrected chi connectivity index (χ3v) is 6.47. The number of unbranched alkanes of at least 4 members (excludes halogenated alkanes) is 6. The Morgan fingerprint density at radius 1 is 0.950 bits per heavy atom. The van der Waals surface area contributed by atoms with Gasteiger partial charge in [-0.15, -0.1) is 0 Å². The van der Waals surface area contributed by atoms with Gasteiger partial charge in [-0.1, -0.05) is 63.6 Å². The van der Waals surface area contributed by atoms with Crippen LogP contribution in [0.1, 0.15) is 91.0 Å². The molecule has 2 rings (SSSR count). The van der Waals surface area contributed by atoms with Crippen molar-refractivity contribution in [2.75, 3.05) is 6.54 Å². The number of fused-ring (bicyclic) bond motifs is 1. The lowest BCUT2D eigenvalue weighted by molar-refractivity contribution is -0.142. The molecule has 1 aromatic carbocycles. The van der Waals surface area contributed by atoms with Gasteiger partial charge in [0.05, 0.1) is 0 Å². The number of nitrogens with one attached hydrogen (secondary N) is 4. The van der Waals surface area contributed by atoms with Crippen molar-refractivity contribution in [3.05, 3.63) is 36.0 Å². The van der Waals surface area contributed by atoms with Crippen LogP contribution in [-0.4, -0.2) is 58.2 Å². The SMILES string of the molecule is CCCCCCCCCC(=O)NC(Cc1c[nH]c2ccccc12)C(=O)NC(CCNC(=O)OC(C)(C)C)C(=O)O. The fraction of sp³-hybridized carbons (Fsp3) is 0.600. The largest absolute Gasteiger partial charge is 0.480 e. The summed E-state index contributed by atoms with van der Waals surface area (Å²) in [5.74, 6) is -2.07. The Hall–Kier alpha value is -3.56. The van der Waals surface area contributed by atoms with Gasteiger partial charge in [0.15, 0.2) is 0 Å². The van der Waals surface area contributed by atoms with E-state index in [0.717, 1.165) is 42.1 Å². The Morgan fingerprint density at radius 2 is 1.62 bits per heavy atom. The predicted octanol–water partition coefficient (Wildman–Crippen LogP) is 4.82. The van der Waals surface area contributed by atoms with Crippen LogP contribution in [-0.2, 0) is 25.5 Å². The standard InChI is InChI=1S/C30H46N4O6/c1-5-6-7-8-9-10-11-16-26(35)33-25(19-21-20-32-23-15-13-12-14-22(21)23)27(36)34-24(28(37)38)17-18-31-29(39)40-30(2,3)4/h12-15,20,24-25,32H,5-11,16-19H2,1-4H3,(H,31,39)(H,33,35)(H,34,36)(H,37,38). The number of aromatic amines is 1. The second-order valence-electron chi connectivity index (χ2n) is 11.2. The third kappa shape index (κ3) is 12.1. The number of H-pyrrole nitrogens is 1. The molecule has 40 heavy (non-hydrogen) atoms. The van der Waals surface area contributed by atoms with Crippen molar-refractivity contribution in [3.8, 4) is 0 Å². The van der Waals surface area contributed by atoms with E-state index in [1.54, 1.807) is 27.0 Å². The number of hydrogen-bond acceptors (Lipinski definition) is 5. The van der Waals surface area contributed by atoms with Gasteiger partial charge >= 0.3 is 12.1 Å². The van der Waals surface area contributed by atoms with Crippen LogP contribution in [0.25, 0.3) is 10.9 Å². The van der Waals surface area contributed by atoms with Crippen molar-refractivity contribution in [2.45, 2.75) is 110 Å². The van der Waals surface area contributed by atoms with E-state index in [0.29, 0.717) is 6.42 Å². The fourth-order valence-electron chi connectivity index (χ4n) is 4.40. The van der Waals surface area contributed by atoms with Gasteiger partial charge in [-0.05, 0) is 45.2 Å². The van der Waals surface area contributed by atoms with Gasteiger partial charge in [0.25, 0.3) is 0 Å². The topological polar surface area (TPSA) is 150 Å². The second-order valence-corrected chi connectivity index (χ2v) is 11.2. The Kier molecular flexibility index (Phi) is 13.5. The van der Waals surface area contributed by atoms with Crippen LogP contribution in [0.5, 0.6) is 0 Å². The van der Waals surface area contributed by atoms with Crippen LogP contribution < -0.4 is 16.0 Å². The molecule has 10 heteroatoms. The lowest BCUT2D eigenvalue weighted by atomic mass is 10.0. The van der Waals surface area contributed by atoms with Crippen LogP contribution in [0.2, 0.25) is 0 Å². The highest BCUT2D eigenvalue weighted by Gasteiger charge is 2.28. The molecule has 1 aromatic heterocycles. The zero-order chi connectivity index (χ0) is 29.5. The molecule has 2 unspecified atom stereocenters. The summed E-state index contributed by atoms with van der Waals surface area (Å²) in [5.41, 5.74) is 1.06. The number of ether oxygens (including phenoxy) is 1. The van der Waals surface area contributed by atoms with Crippen LogP contribution in [0, 0.1) is 0 Å². The van der Waals surface area contributed by atoms with Gasteiger partial charge in [-0.3, -0.25) is 9.59 Å². The number of carbonyl (C=O) groups is 4. The Morgan fingerprint density at radius 3 is 2.30 bits per heavy atom. The zero-order valence-corrected chi connectivity index (χ0v) is 24.3. The minimum absolute atomic E-state index is 0.0100. The van der Waals surface area contributed by atoms with E-state index in [2.05, 4.69) is 27.9 Å². The van der Waals surface area contributed by atoms with Gasteiger partial charge in [-0.2, -0.15) is 0 Å². The molecule has 3 amide bonds. The molecule has 2 aromatic rings. The van der Waals surface area contributed by atoms with Crippen LogP contribution in [0.15, 0.2) is 30.5 Å². The molecule has 0 fully saturated rings. The summed E-state index contributed by atoms with van der Waals surface area (Å²) in [6.07, 6.45) is 9.09. The molecule has 0 aliphatic carbocycles. The first-order valence-electron chi connectivity index (χ1n) is 14.3. The van der Waals surface area contributed by atoms with E-state index < -0.39 is 35.7 Å². The lowest BCUT2D eigenvalue weighted by Gasteiger charge is -2.22. The number of carboxylic acids is 1.